The second kappa shape index (κ2) is 12.0. The summed E-state index contributed by atoms with van der Waals surface area (Å²) in [5.41, 5.74) is 1.78. The van der Waals surface area contributed by atoms with E-state index >= 15 is 0 Å². The summed E-state index contributed by atoms with van der Waals surface area (Å²) in [6.45, 7) is 3.26. The van der Waals surface area contributed by atoms with Crippen molar-refractivity contribution in [2.45, 2.75) is 12.4 Å². The van der Waals surface area contributed by atoms with E-state index < -0.39 is 6.36 Å². The first-order valence-electron chi connectivity index (χ1n) is 9.04. The van der Waals surface area contributed by atoms with Gasteiger partial charge in [0.25, 0.3) is 0 Å². The molecular formula is C20H24BrCl2F3N2O3. The molecule has 174 valence electrons. The van der Waals surface area contributed by atoms with Gasteiger partial charge in [-0.15, -0.1) is 38.0 Å². The summed E-state index contributed by atoms with van der Waals surface area (Å²) in [6, 6.07) is 9.66. The molecule has 1 fully saturated rings. The van der Waals surface area contributed by atoms with Crippen LogP contribution in [0.4, 0.5) is 13.2 Å². The SMILES string of the molecule is COc1cc([C@H](c2ccc(OC(F)(F)F)cc2)N2CCNCC2)cc(OC)c1Br.Cl.Cl. The normalized spacial score (nSPS) is 15.3. The lowest BCUT2D eigenvalue weighted by Gasteiger charge is -2.36. The van der Waals surface area contributed by atoms with Gasteiger partial charge in [0.05, 0.1) is 20.3 Å². The Balaban J connectivity index is 0.00000240. The van der Waals surface area contributed by atoms with E-state index in [-0.39, 0.29) is 36.6 Å². The van der Waals surface area contributed by atoms with Gasteiger partial charge in [-0.05, 0) is 51.3 Å². The maximum absolute atomic E-state index is 12.5. The summed E-state index contributed by atoms with van der Waals surface area (Å²) in [6.07, 6.45) is -4.72. The molecule has 11 heteroatoms. The van der Waals surface area contributed by atoms with Crippen molar-refractivity contribution in [3.05, 3.63) is 52.0 Å². The van der Waals surface area contributed by atoms with E-state index in [1.54, 1.807) is 26.4 Å². The number of hydrogen-bond donors (Lipinski definition) is 1. The predicted octanol–water partition coefficient (Wildman–Crippen LogP) is 5.20. The summed E-state index contributed by atoms with van der Waals surface area (Å²) in [7, 11) is 3.15. The largest absolute Gasteiger partial charge is 0.573 e. The van der Waals surface area contributed by atoms with Crippen LogP contribution in [0.15, 0.2) is 40.9 Å². The number of rotatable bonds is 6. The lowest BCUT2D eigenvalue weighted by molar-refractivity contribution is -0.274. The van der Waals surface area contributed by atoms with Gasteiger partial charge in [-0.1, -0.05) is 12.1 Å². The fourth-order valence-electron chi connectivity index (χ4n) is 3.45. The third-order valence-electron chi connectivity index (χ3n) is 4.73. The topological polar surface area (TPSA) is 43.0 Å². The molecule has 0 aromatic heterocycles. The molecule has 0 spiro atoms. The Morgan fingerprint density at radius 1 is 0.935 bits per heavy atom. The first-order chi connectivity index (χ1) is 13.8. The highest BCUT2D eigenvalue weighted by Crippen LogP contribution is 2.40. The molecule has 0 saturated carbocycles. The van der Waals surface area contributed by atoms with Crippen LogP contribution in [0.5, 0.6) is 17.2 Å². The van der Waals surface area contributed by atoms with Gasteiger partial charge < -0.3 is 19.5 Å². The number of hydrogen-bond acceptors (Lipinski definition) is 5. The highest BCUT2D eigenvalue weighted by molar-refractivity contribution is 9.10. The van der Waals surface area contributed by atoms with Crippen molar-refractivity contribution < 1.29 is 27.4 Å². The fraction of sp³-hybridized carbons (Fsp3) is 0.400. The zero-order chi connectivity index (χ0) is 21.0. The number of nitrogens with zero attached hydrogens (tertiary/aromatic N) is 1. The zero-order valence-corrected chi connectivity index (χ0v) is 20.1. The number of benzene rings is 2. The summed E-state index contributed by atoms with van der Waals surface area (Å²) in [5, 5.41) is 3.32. The van der Waals surface area contributed by atoms with Crippen molar-refractivity contribution in [3.8, 4) is 17.2 Å². The molecule has 1 N–H and O–H groups in total. The summed E-state index contributed by atoms with van der Waals surface area (Å²) in [4.78, 5) is 2.28. The fourth-order valence-corrected chi connectivity index (χ4v) is 4.01. The third kappa shape index (κ3) is 7.05. The predicted molar refractivity (Wildman–Crippen MR) is 121 cm³/mol. The number of nitrogens with one attached hydrogen (secondary N) is 1. The number of halogens is 6. The summed E-state index contributed by atoms with van der Waals surface area (Å²) < 4.78 is 53.1. The van der Waals surface area contributed by atoms with Gasteiger partial charge in [-0.25, -0.2) is 0 Å². The zero-order valence-electron chi connectivity index (χ0n) is 16.9. The van der Waals surface area contributed by atoms with E-state index in [4.69, 9.17) is 9.47 Å². The molecule has 0 amide bonds. The summed E-state index contributed by atoms with van der Waals surface area (Å²) in [5.74, 6) is 0.999. The second-order valence-electron chi connectivity index (χ2n) is 6.54. The smallest absolute Gasteiger partial charge is 0.495 e. The van der Waals surface area contributed by atoms with Crippen LogP contribution in [0, 0.1) is 0 Å². The maximum Gasteiger partial charge on any atom is 0.573 e. The lowest BCUT2D eigenvalue weighted by Crippen LogP contribution is -2.45. The molecule has 1 atom stereocenters. The van der Waals surface area contributed by atoms with E-state index in [2.05, 4.69) is 30.9 Å². The van der Waals surface area contributed by atoms with Crippen LogP contribution in [0.1, 0.15) is 17.2 Å². The molecule has 1 aliphatic heterocycles. The standard InChI is InChI=1S/C20H22BrF3N2O3.2ClH/c1-27-16-11-14(12-17(28-2)18(16)21)19(26-9-7-25-8-10-26)13-3-5-15(6-4-13)29-20(22,23)24;;/h3-6,11-12,19,25H,7-10H2,1-2H3;2*1H/t19-;;/m0../s1. The number of methoxy groups -OCH3 is 2. The summed E-state index contributed by atoms with van der Waals surface area (Å²) >= 11 is 3.48. The van der Waals surface area contributed by atoms with Crippen molar-refractivity contribution in [2.24, 2.45) is 0 Å². The van der Waals surface area contributed by atoms with Crippen LogP contribution in [0.3, 0.4) is 0 Å². The van der Waals surface area contributed by atoms with E-state index in [9.17, 15) is 13.2 Å². The Labute approximate surface area is 200 Å². The third-order valence-corrected chi connectivity index (χ3v) is 5.51. The van der Waals surface area contributed by atoms with E-state index in [0.717, 1.165) is 37.3 Å². The van der Waals surface area contributed by atoms with Gasteiger partial charge in [-0.2, -0.15) is 0 Å². The van der Waals surface area contributed by atoms with Gasteiger partial charge >= 0.3 is 6.36 Å². The van der Waals surface area contributed by atoms with E-state index in [0.29, 0.717) is 16.0 Å². The Kier molecular flexibility index (Phi) is 10.7. The molecule has 2 aromatic carbocycles. The van der Waals surface area contributed by atoms with Gasteiger partial charge in [0.2, 0.25) is 0 Å². The Morgan fingerprint density at radius 2 is 1.45 bits per heavy atom. The highest BCUT2D eigenvalue weighted by atomic mass is 79.9. The van der Waals surface area contributed by atoms with Crippen molar-refractivity contribution in [1.29, 1.82) is 0 Å². The van der Waals surface area contributed by atoms with Crippen LogP contribution in [0.25, 0.3) is 0 Å². The van der Waals surface area contributed by atoms with Crippen LogP contribution in [-0.2, 0) is 0 Å². The average Bonchev–Trinajstić information content (AvgIpc) is 2.70. The van der Waals surface area contributed by atoms with Gasteiger partial charge in [-0.3, -0.25) is 4.90 Å². The molecule has 0 bridgehead atoms. The number of alkyl halides is 3. The van der Waals surface area contributed by atoms with Crippen molar-refractivity contribution >= 4 is 40.7 Å². The first-order valence-corrected chi connectivity index (χ1v) is 9.83. The van der Waals surface area contributed by atoms with Crippen LogP contribution in [-0.4, -0.2) is 51.7 Å². The molecule has 1 aliphatic rings. The molecule has 1 saturated heterocycles. The quantitative estimate of drug-likeness (QED) is 0.538. The minimum atomic E-state index is -4.72. The molecule has 2 aromatic rings. The minimum absolute atomic E-state index is 0. The molecule has 3 rings (SSSR count). The van der Waals surface area contributed by atoms with Crippen LogP contribution in [0.2, 0.25) is 0 Å². The van der Waals surface area contributed by atoms with Crippen molar-refractivity contribution in [2.75, 3.05) is 40.4 Å². The Bertz CT molecular complexity index is 810. The molecule has 0 radical (unpaired) electrons. The van der Waals surface area contributed by atoms with E-state index in [1.807, 2.05) is 12.1 Å². The Morgan fingerprint density at radius 3 is 1.90 bits per heavy atom. The molecule has 1 heterocycles. The minimum Gasteiger partial charge on any atom is -0.495 e. The van der Waals surface area contributed by atoms with Crippen molar-refractivity contribution in [3.63, 3.8) is 0 Å². The molecular weight excluding hydrogens is 524 g/mol. The van der Waals surface area contributed by atoms with Gasteiger partial charge in [0, 0.05) is 26.2 Å². The van der Waals surface area contributed by atoms with Crippen LogP contribution >= 0.6 is 40.7 Å². The van der Waals surface area contributed by atoms with E-state index in [1.165, 1.54) is 12.1 Å². The molecule has 0 aliphatic carbocycles. The highest BCUT2D eigenvalue weighted by Gasteiger charge is 2.31. The second-order valence-corrected chi connectivity index (χ2v) is 7.34. The monoisotopic (exact) mass is 546 g/mol. The molecule has 5 nitrogen and oxygen atoms in total. The number of ether oxygens (including phenoxy) is 3. The Hall–Kier alpha value is -1.39. The first kappa shape index (κ1) is 27.6. The van der Waals surface area contributed by atoms with Crippen molar-refractivity contribution in [1.82, 2.24) is 10.2 Å². The number of piperazine rings is 1. The maximum atomic E-state index is 12.5. The van der Waals surface area contributed by atoms with Crippen LogP contribution < -0.4 is 19.5 Å². The molecule has 31 heavy (non-hydrogen) atoms. The lowest BCUT2D eigenvalue weighted by atomic mass is 9.95. The average molecular weight is 548 g/mol. The van der Waals surface area contributed by atoms with Gasteiger partial charge in [0.1, 0.15) is 21.7 Å². The van der Waals surface area contributed by atoms with Gasteiger partial charge in [0.15, 0.2) is 0 Å². The molecule has 0 unspecified atom stereocenters.